The molecule has 3 rings (SSSR count). The van der Waals surface area contributed by atoms with E-state index in [1.54, 1.807) is 6.92 Å². The molecule has 0 radical (unpaired) electrons. The largest absolute Gasteiger partial charge is 0.435 e. The zero-order valence-electron chi connectivity index (χ0n) is 14.3. The van der Waals surface area contributed by atoms with E-state index in [-0.39, 0.29) is 12.3 Å². The maximum absolute atomic E-state index is 12.9. The minimum Gasteiger partial charge on any atom is -0.435 e. The van der Waals surface area contributed by atoms with Crippen molar-refractivity contribution in [3.8, 4) is 5.75 Å². The summed E-state index contributed by atoms with van der Waals surface area (Å²) in [4.78, 5) is 26.3. The van der Waals surface area contributed by atoms with Crippen molar-refractivity contribution < 1.29 is 23.1 Å². The van der Waals surface area contributed by atoms with Gasteiger partial charge in [-0.3, -0.25) is 9.69 Å². The quantitative estimate of drug-likeness (QED) is 0.830. The van der Waals surface area contributed by atoms with E-state index < -0.39 is 24.1 Å². The number of amides is 3. The second-order valence-corrected chi connectivity index (χ2v) is 6.33. The Bertz CT molecular complexity index is 822. The van der Waals surface area contributed by atoms with Gasteiger partial charge in [0.05, 0.1) is 6.54 Å². The first-order chi connectivity index (χ1) is 12.3. The highest BCUT2D eigenvalue weighted by Gasteiger charge is 2.48. The van der Waals surface area contributed by atoms with Crippen LogP contribution in [0, 0.1) is 6.92 Å². The van der Waals surface area contributed by atoms with E-state index in [9.17, 15) is 18.4 Å². The number of hydrogen-bond acceptors (Lipinski definition) is 3. The molecule has 0 saturated carbocycles. The molecule has 1 heterocycles. The summed E-state index contributed by atoms with van der Waals surface area (Å²) < 4.78 is 28.8. The summed E-state index contributed by atoms with van der Waals surface area (Å²) in [6.07, 6.45) is 0. The first-order valence-corrected chi connectivity index (χ1v) is 8.04. The van der Waals surface area contributed by atoms with Crippen molar-refractivity contribution in [2.45, 2.75) is 32.5 Å². The van der Waals surface area contributed by atoms with Crippen LogP contribution in [-0.2, 0) is 16.9 Å². The second-order valence-electron chi connectivity index (χ2n) is 6.33. The molecule has 0 bridgehead atoms. The number of alkyl halides is 2. The Morgan fingerprint density at radius 1 is 1.08 bits per heavy atom. The van der Waals surface area contributed by atoms with Gasteiger partial charge in [0.2, 0.25) is 0 Å². The monoisotopic (exact) mass is 360 g/mol. The molecular weight excluding hydrogens is 342 g/mol. The van der Waals surface area contributed by atoms with E-state index in [0.717, 1.165) is 16.0 Å². The fraction of sp³-hybridized carbons (Fsp3) is 0.263. The average molecular weight is 360 g/mol. The van der Waals surface area contributed by atoms with Gasteiger partial charge in [-0.05, 0) is 37.1 Å². The van der Waals surface area contributed by atoms with Crippen LogP contribution in [-0.4, -0.2) is 23.4 Å². The topological polar surface area (TPSA) is 58.6 Å². The third kappa shape index (κ3) is 3.37. The highest BCUT2D eigenvalue weighted by atomic mass is 19.3. The Balaban J connectivity index is 1.81. The lowest BCUT2D eigenvalue weighted by Gasteiger charge is -2.22. The van der Waals surface area contributed by atoms with Gasteiger partial charge in [-0.15, -0.1) is 0 Å². The smallest absolute Gasteiger partial charge is 0.387 e. The molecule has 1 fully saturated rings. The number of rotatable bonds is 5. The minimum atomic E-state index is -2.92. The van der Waals surface area contributed by atoms with Crippen molar-refractivity contribution in [1.29, 1.82) is 0 Å². The van der Waals surface area contributed by atoms with Crippen LogP contribution in [0.2, 0.25) is 0 Å². The van der Waals surface area contributed by atoms with Gasteiger partial charge in [-0.25, -0.2) is 4.79 Å². The Kier molecular flexibility index (Phi) is 4.63. The fourth-order valence-corrected chi connectivity index (χ4v) is 2.88. The highest BCUT2D eigenvalue weighted by Crippen LogP contribution is 2.31. The van der Waals surface area contributed by atoms with E-state index >= 15 is 0 Å². The number of benzene rings is 2. The van der Waals surface area contributed by atoms with Crippen molar-refractivity contribution in [2.75, 3.05) is 0 Å². The number of nitrogens with one attached hydrogen (secondary N) is 1. The van der Waals surface area contributed by atoms with Gasteiger partial charge in [0.1, 0.15) is 11.3 Å². The number of carbonyl (C=O) groups excluding carboxylic acids is 2. The van der Waals surface area contributed by atoms with Crippen molar-refractivity contribution in [2.24, 2.45) is 0 Å². The molecular formula is C19H18F2N2O3. The fourth-order valence-electron chi connectivity index (χ4n) is 2.88. The molecule has 7 heteroatoms. The zero-order valence-corrected chi connectivity index (χ0v) is 14.3. The van der Waals surface area contributed by atoms with E-state index in [1.807, 2.05) is 31.2 Å². The Hall–Kier alpha value is -2.96. The molecule has 0 aromatic heterocycles. The molecule has 3 amide bonds. The predicted molar refractivity (Wildman–Crippen MR) is 90.7 cm³/mol. The summed E-state index contributed by atoms with van der Waals surface area (Å²) in [6, 6.07) is 12.7. The van der Waals surface area contributed by atoms with E-state index in [2.05, 4.69) is 10.1 Å². The molecule has 2 aromatic carbocycles. The molecule has 0 spiro atoms. The predicted octanol–water partition coefficient (Wildman–Crippen LogP) is 3.56. The minimum absolute atomic E-state index is 0.0133. The molecule has 0 unspecified atom stereocenters. The summed E-state index contributed by atoms with van der Waals surface area (Å²) in [7, 11) is 0. The van der Waals surface area contributed by atoms with Crippen LogP contribution in [0.25, 0.3) is 0 Å². The molecule has 1 atom stereocenters. The van der Waals surface area contributed by atoms with Gasteiger partial charge in [-0.2, -0.15) is 8.78 Å². The van der Waals surface area contributed by atoms with E-state index in [1.165, 1.54) is 24.3 Å². The first-order valence-electron chi connectivity index (χ1n) is 8.04. The summed E-state index contributed by atoms with van der Waals surface area (Å²) in [5, 5.41) is 2.69. The standard InChI is InChI=1S/C19H18F2N2O3/c1-12-3-5-13(6-4-12)11-23-16(24)19(2,22-18(23)25)14-7-9-15(10-8-14)26-17(20)21/h3-10,17H,11H2,1-2H3,(H,22,25)/t19-/m0/s1. The van der Waals surface area contributed by atoms with Gasteiger partial charge in [0, 0.05) is 0 Å². The number of hydrogen-bond donors (Lipinski definition) is 1. The number of imide groups is 1. The Labute approximate surface area is 149 Å². The van der Waals surface area contributed by atoms with Crippen molar-refractivity contribution in [1.82, 2.24) is 10.2 Å². The van der Waals surface area contributed by atoms with Crippen molar-refractivity contribution >= 4 is 11.9 Å². The van der Waals surface area contributed by atoms with Gasteiger partial charge >= 0.3 is 12.6 Å². The Morgan fingerprint density at radius 2 is 1.69 bits per heavy atom. The van der Waals surface area contributed by atoms with Crippen LogP contribution in [0.5, 0.6) is 5.75 Å². The number of ether oxygens (including phenoxy) is 1. The van der Waals surface area contributed by atoms with E-state index in [4.69, 9.17) is 0 Å². The van der Waals surface area contributed by atoms with Crippen molar-refractivity contribution in [3.05, 3.63) is 65.2 Å². The Morgan fingerprint density at radius 3 is 2.27 bits per heavy atom. The molecule has 136 valence electrons. The maximum atomic E-state index is 12.9. The average Bonchev–Trinajstić information content (AvgIpc) is 2.81. The molecule has 5 nitrogen and oxygen atoms in total. The number of halogens is 2. The number of aryl methyl sites for hydroxylation is 1. The van der Waals surface area contributed by atoms with Crippen LogP contribution < -0.4 is 10.1 Å². The van der Waals surface area contributed by atoms with Gasteiger partial charge < -0.3 is 10.1 Å². The van der Waals surface area contributed by atoms with Crippen LogP contribution in [0.1, 0.15) is 23.6 Å². The lowest BCUT2D eigenvalue weighted by Crippen LogP contribution is -2.40. The molecule has 1 aliphatic rings. The normalized spacial score (nSPS) is 19.8. The highest BCUT2D eigenvalue weighted by molar-refractivity contribution is 6.07. The van der Waals surface area contributed by atoms with Crippen LogP contribution in [0.4, 0.5) is 13.6 Å². The summed E-state index contributed by atoms with van der Waals surface area (Å²) in [5.74, 6) is -0.411. The number of urea groups is 1. The number of carbonyl (C=O) groups is 2. The van der Waals surface area contributed by atoms with Gasteiger partial charge in [-0.1, -0.05) is 42.0 Å². The third-order valence-electron chi connectivity index (χ3n) is 4.39. The van der Waals surface area contributed by atoms with Crippen LogP contribution in [0.3, 0.4) is 0 Å². The molecule has 0 aliphatic carbocycles. The third-order valence-corrected chi connectivity index (χ3v) is 4.39. The summed E-state index contributed by atoms with van der Waals surface area (Å²) in [5.41, 5.74) is 1.15. The first kappa shape index (κ1) is 17.8. The lowest BCUT2D eigenvalue weighted by atomic mass is 9.92. The molecule has 2 aromatic rings. The maximum Gasteiger partial charge on any atom is 0.387 e. The molecule has 1 aliphatic heterocycles. The van der Waals surface area contributed by atoms with Crippen molar-refractivity contribution in [3.63, 3.8) is 0 Å². The SMILES string of the molecule is Cc1ccc(CN2C(=O)N[C@@](C)(c3ccc(OC(F)F)cc3)C2=O)cc1. The molecule has 1 N–H and O–H groups in total. The van der Waals surface area contributed by atoms with Gasteiger partial charge in [0.15, 0.2) is 0 Å². The summed E-state index contributed by atoms with van der Waals surface area (Å²) in [6.45, 7) is 0.781. The second kappa shape index (κ2) is 6.74. The van der Waals surface area contributed by atoms with Crippen LogP contribution in [0.15, 0.2) is 48.5 Å². The van der Waals surface area contributed by atoms with E-state index in [0.29, 0.717) is 5.56 Å². The molecule has 1 saturated heterocycles. The number of nitrogens with zero attached hydrogens (tertiary/aromatic N) is 1. The van der Waals surface area contributed by atoms with Gasteiger partial charge in [0.25, 0.3) is 5.91 Å². The lowest BCUT2D eigenvalue weighted by molar-refractivity contribution is -0.131. The summed E-state index contributed by atoms with van der Waals surface area (Å²) >= 11 is 0. The van der Waals surface area contributed by atoms with Crippen LogP contribution >= 0.6 is 0 Å². The zero-order chi connectivity index (χ0) is 18.9. The molecule has 26 heavy (non-hydrogen) atoms.